The first kappa shape index (κ1) is 19.2. The minimum absolute atomic E-state index is 0.536. The molecule has 0 radical (unpaired) electrons. The lowest BCUT2D eigenvalue weighted by Crippen LogP contribution is -2.02. The van der Waals surface area contributed by atoms with E-state index in [1.165, 1.54) is 22.3 Å². The minimum atomic E-state index is 0.536. The van der Waals surface area contributed by atoms with Gasteiger partial charge in [0.2, 0.25) is 0 Å². The van der Waals surface area contributed by atoms with Crippen LogP contribution in [0.5, 0.6) is 11.5 Å². The standard InChI is InChI=1S/C24H25O2P/c1-17-8-4-6-10-20(17)15-25-23-12-22(19(3)27)13-24(14-23)26-16-21-11-7-5-9-18(21)2/h4-14,27H,15-16H2,1-3H3. The number of hydrogen-bond acceptors (Lipinski definition) is 2. The van der Waals surface area contributed by atoms with Gasteiger partial charge in [0.1, 0.15) is 24.7 Å². The van der Waals surface area contributed by atoms with Gasteiger partial charge in [0, 0.05) is 6.07 Å². The van der Waals surface area contributed by atoms with Crippen molar-refractivity contribution in [3.63, 3.8) is 0 Å². The molecule has 0 aliphatic carbocycles. The average molecular weight is 376 g/mol. The van der Waals surface area contributed by atoms with Gasteiger partial charge >= 0.3 is 0 Å². The first-order chi connectivity index (χ1) is 13.0. The minimum Gasteiger partial charge on any atom is -0.489 e. The van der Waals surface area contributed by atoms with Gasteiger partial charge in [0.15, 0.2) is 0 Å². The molecular weight excluding hydrogens is 351 g/mol. The third-order valence-electron chi connectivity index (χ3n) is 4.62. The molecule has 0 amide bonds. The van der Waals surface area contributed by atoms with Crippen molar-refractivity contribution >= 4 is 14.2 Å². The van der Waals surface area contributed by atoms with Crippen molar-refractivity contribution in [3.05, 3.63) is 94.5 Å². The summed E-state index contributed by atoms with van der Waals surface area (Å²) < 4.78 is 12.1. The third-order valence-corrected chi connectivity index (χ3v) is 4.91. The first-order valence-corrected chi connectivity index (χ1v) is 9.58. The van der Waals surface area contributed by atoms with Crippen LogP contribution in [-0.2, 0) is 13.2 Å². The average Bonchev–Trinajstić information content (AvgIpc) is 2.66. The van der Waals surface area contributed by atoms with E-state index in [0.29, 0.717) is 13.2 Å². The number of aryl methyl sites for hydroxylation is 2. The van der Waals surface area contributed by atoms with Crippen LogP contribution in [0.2, 0.25) is 0 Å². The van der Waals surface area contributed by atoms with Crippen molar-refractivity contribution in [2.75, 3.05) is 0 Å². The summed E-state index contributed by atoms with van der Waals surface area (Å²) in [6, 6.07) is 22.6. The number of benzene rings is 3. The Bertz CT molecular complexity index is 879. The maximum absolute atomic E-state index is 6.07. The zero-order valence-electron chi connectivity index (χ0n) is 16.1. The zero-order valence-corrected chi connectivity index (χ0v) is 17.1. The van der Waals surface area contributed by atoms with Crippen LogP contribution in [-0.4, -0.2) is 5.29 Å². The van der Waals surface area contributed by atoms with Crippen LogP contribution in [0.25, 0.3) is 0 Å². The van der Waals surface area contributed by atoms with E-state index in [4.69, 9.17) is 9.47 Å². The normalized spacial score (nSPS) is 10.5. The van der Waals surface area contributed by atoms with Gasteiger partial charge in [-0.3, -0.25) is 0 Å². The molecule has 3 aromatic rings. The van der Waals surface area contributed by atoms with Crippen molar-refractivity contribution < 1.29 is 9.47 Å². The molecule has 27 heavy (non-hydrogen) atoms. The quantitative estimate of drug-likeness (QED) is 0.461. The molecule has 3 rings (SSSR count). The van der Waals surface area contributed by atoms with Crippen LogP contribution in [0.4, 0.5) is 0 Å². The van der Waals surface area contributed by atoms with E-state index in [0.717, 1.165) is 22.4 Å². The van der Waals surface area contributed by atoms with E-state index < -0.39 is 0 Å². The van der Waals surface area contributed by atoms with Crippen molar-refractivity contribution in [2.45, 2.75) is 34.0 Å². The lowest BCUT2D eigenvalue weighted by atomic mass is 10.1. The number of hydrogen-bond donors (Lipinski definition) is 0. The van der Waals surface area contributed by atoms with Gasteiger partial charge in [-0.2, -0.15) is 0 Å². The molecule has 0 aromatic heterocycles. The second-order valence-corrected chi connectivity index (χ2v) is 7.50. The molecule has 2 nitrogen and oxygen atoms in total. The molecule has 0 N–H and O–H groups in total. The highest BCUT2D eigenvalue weighted by Gasteiger charge is 2.07. The summed E-state index contributed by atoms with van der Waals surface area (Å²) in [4.78, 5) is 0. The van der Waals surface area contributed by atoms with Crippen LogP contribution in [0.1, 0.15) is 34.7 Å². The summed E-state index contributed by atoms with van der Waals surface area (Å²) in [5.41, 5.74) is 5.88. The molecule has 3 aromatic carbocycles. The van der Waals surface area contributed by atoms with Gasteiger partial charge in [-0.05, 0) is 66.0 Å². The predicted molar refractivity (Wildman–Crippen MR) is 116 cm³/mol. The predicted octanol–water partition coefficient (Wildman–Crippen LogP) is 6.14. The summed E-state index contributed by atoms with van der Waals surface area (Å²) in [6.45, 7) is 7.29. The molecule has 0 atom stereocenters. The number of ether oxygens (including phenoxy) is 2. The Hall–Kier alpha value is -2.57. The SMILES string of the molecule is CC(=P)c1cc(OCc2ccccc2C)cc(OCc2ccccc2C)c1. The molecule has 0 aliphatic rings. The summed E-state index contributed by atoms with van der Waals surface area (Å²) >= 11 is 0. The topological polar surface area (TPSA) is 18.5 Å². The maximum Gasteiger partial charge on any atom is 0.124 e. The van der Waals surface area contributed by atoms with Crippen LogP contribution in [0.3, 0.4) is 0 Å². The fraction of sp³-hybridized carbons (Fsp3) is 0.208. The molecule has 0 saturated heterocycles. The molecule has 3 heteroatoms. The summed E-state index contributed by atoms with van der Waals surface area (Å²) in [7, 11) is 3.63. The Balaban J connectivity index is 1.77. The van der Waals surface area contributed by atoms with E-state index >= 15 is 0 Å². The van der Waals surface area contributed by atoms with Crippen LogP contribution in [0.15, 0.2) is 66.7 Å². The highest BCUT2D eigenvalue weighted by Crippen LogP contribution is 2.26. The largest absolute Gasteiger partial charge is 0.489 e. The summed E-state index contributed by atoms with van der Waals surface area (Å²) in [5.74, 6) is 1.60. The zero-order chi connectivity index (χ0) is 19.2. The second kappa shape index (κ2) is 8.88. The summed E-state index contributed by atoms with van der Waals surface area (Å²) in [6.07, 6.45) is 0. The van der Waals surface area contributed by atoms with E-state index in [1.54, 1.807) is 0 Å². The molecule has 0 fully saturated rings. The molecule has 0 bridgehead atoms. The Kier molecular flexibility index (Phi) is 6.32. The van der Waals surface area contributed by atoms with Gasteiger partial charge in [-0.15, -0.1) is 8.86 Å². The van der Waals surface area contributed by atoms with Gasteiger partial charge in [-0.1, -0.05) is 48.5 Å². The smallest absolute Gasteiger partial charge is 0.124 e. The van der Waals surface area contributed by atoms with Gasteiger partial charge in [-0.25, -0.2) is 0 Å². The van der Waals surface area contributed by atoms with Crippen molar-refractivity contribution in [1.29, 1.82) is 0 Å². The molecular formula is C24H25O2P. The van der Waals surface area contributed by atoms with Gasteiger partial charge < -0.3 is 9.47 Å². The van der Waals surface area contributed by atoms with E-state index in [-0.39, 0.29) is 0 Å². The lowest BCUT2D eigenvalue weighted by molar-refractivity contribution is 0.289. The van der Waals surface area contributed by atoms with Crippen LogP contribution in [0, 0.1) is 13.8 Å². The maximum atomic E-state index is 6.07. The van der Waals surface area contributed by atoms with E-state index in [1.807, 2.05) is 49.4 Å². The Labute approximate surface area is 164 Å². The number of rotatable bonds is 7. The highest BCUT2D eigenvalue weighted by atomic mass is 31.0. The first-order valence-electron chi connectivity index (χ1n) is 9.08. The Morgan fingerprint density at radius 3 is 1.59 bits per heavy atom. The van der Waals surface area contributed by atoms with Crippen molar-refractivity contribution in [3.8, 4) is 11.5 Å². The van der Waals surface area contributed by atoms with Crippen molar-refractivity contribution in [2.24, 2.45) is 0 Å². The summed E-state index contributed by atoms with van der Waals surface area (Å²) in [5, 5.41) is 1.04. The molecule has 0 spiro atoms. The van der Waals surface area contributed by atoms with E-state index in [9.17, 15) is 0 Å². The molecule has 0 unspecified atom stereocenters. The lowest BCUT2D eigenvalue weighted by Gasteiger charge is -2.14. The second-order valence-electron chi connectivity index (χ2n) is 6.75. The van der Waals surface area contributed by atoms with Crippen LogP contribution >= 0.6 is 8.86 Å². The molecule has 0 saturated carbocycles. The van der Waals surface area contributed by atoms with Gasteiger partial charge in [0.25, 0.3) is 0 Å². The molecule has 0 heterocycles. The van der Waals surface area contributed by atoms with Crippen LogP contribution < -0.4 is 9.47 Å². The van der Waals surface area contributed by atoms with Gasteiger partial charge in [0.05, 0.1) is 0 Å². The Morgan fingerprint density at radius 1 is 0.741 bits per heavy atom. The highest BCUT2D eigenvalue weighted by molar-refractivity contribution is 7.22. The fourth-order valence-corrected chi connectivity index (χ4v) is 2.97. The fourth-order valence-electron chi connectivity index (χ4n) is 2.82. The monoisotopic (exact) mass is 376 g/mol. The Morgan fingerprint density at radius 2 is 1.19 bits per heavy atom. The molecule has 138 valence electrons. The van der Waals surface area contributed by atoms with Crippen molar-refractivity contribution in [1.82, 2.24) is 0 Å². The third kappa shape index (κ3) is 5.21. The molecule has 0 aliphatic heterocycles. The van der Waals surface area contributed by atoms with E-state index in [2.05, 4.69) is 47.0 Å².